The molecule has 2 N–H and O–H groups in total. The number of rotatable bonds is 4. The van der Waals surface area contributed by atoms with Crippen molar-refractivity contribution in [1.82, 2.24) is 10.1 Å². The lowest BCUT2D eigenvalue weighted by Gasteiger charge is -2.10. The van der Waals surface area contributed by atoms with Gasteiger partial charge in [-0.2, -0.15) is 4.98 Å². The van der Waals surface area contributed by atoms with Crippen molar-refractivity contribution in [2.24, 2.45) is 0 Å². The normalized spacial score (nSPS) is 12.2. The van der Waals surface area contributed by atoms with Crippen LogP contribution < -0.4 is 5.73 Å². The van der Waals surface area contributed by atoms with Gasteiger partial charge in [0.2, 0.25) is 5.82 Å². The van der Waals surface area contributed by atoms with Crippen LogP contribution in [-0.4, -0.2) is 17.3 Å². The Bertz CT molecular complexity index is 708. The minimum atomic E-state index is -0.350. The molecule has 0 saturated carbocycles. The van der Waals surface area contributed by atoms with Crippen LogP contribution in [0.3, 0.4) is 0 Å². The predicted molar refractivity (Wildman–Crippen MR) is 79.4 cm³/mol. The number of anilines is 1. The van der Waals surface area contributed by atoms with Crippen molar-refractivity contribution in [3.8, 4) is 11.5 Å². The summed E-state index contributed by atoms with van der Waals surface area (Å²) in [6, 6.07) is 17.1. The average Bonchev–Trinajstić information content (AvgIpc) is 2.99. The Morgan fingerprint density at radius 2 is 1.76 bits per heavy atom. The van der Waals surface area contributed by atoms with Crippen LogP contribution in [0.25, 0.3) is 11.5 Å². The first-order valence-corrected chi connectivity index (χ1v) is 6.55. The van der Waals surface area contributed by atoms with E-state index in [1.54, 1.807) is 19.2 Å². The molecule has 1 heterocycles. The van der Waals surface area contributed by atoms with Crippen molar-refractivity contribution in [3.63, 3.8) is 0 Å². The third-order valence-corrected chi connectivity index (χ3v) is 3.17. The Labute approximate surface area is 122 Å². The van der Waals surface area contributed by atoms with Crippen molar-refractivity contribution < 1.29 is 9.26 Å². The summed E-state index contributed by atoms with van der Waals surface area (Å²) in [6.45, 7) is 0. The molecule has 0 radical (unpaired) electrons. The molecule has 1 atom stereocenters. The van der Waals surface area contributed by atoms with E-state index in [-0.39, 0.29) is 6.10 Å². The zero-order chi connectivity index (χ0) is 14.7. The first kappa shape index (κ1) is 13.3. The number of hydrogen-bond donors (Lipinski definition) is 1. The van der Waals surface area contributed by atoms with Crippen LogP contribution in [0.1, 0.15) is 17.5 Å². The monoisotopic (exact) mass is 281 g/mol. The first-order chi connectivity index (χ1) is 10.3. The van der Waals surface area contributed by atoms with E-state index in [9.17, 15) is 0 Å². The van der Waals surface area contributed by atoms with Crippen molar-refractivity contribution >= 4 is 5.69 Å². The Hall–Kier alpha value is -2.66. The summed E-state index contributed by atoms with van der Waals surface area (Å²) in [4.78, 5) is 4.41. The van der Waals surface area contributed by atoms with Gasteiger partial charge in [-0.15, -0.1) is 0 Å². The summed E-state index contributed by atoms with van der Waals surface area (Å²) in [5.41, 5.74) is 8.16. The molecule has 3 rings (SSSR count). The van der Waals surface area contributed by atoms with E-state index < -0.39 is 0 Å². The highest BCUT2D eigenvalue weighted by Gasteiger charge is 2.20. The second-order valence-electron chi connectivity index (χ2n) is 4.61. The van der Waals surface area contributed by atoms with E-state index in [0.29, 0.717) is 17.4 Å². The molecule has 106 valence electrons. The van der Waals surface area contributed by atoms with Crippen LogP contribution in [0.2, 0.25) is 0 Å². The molecule has 21 heavy (non-hydrogen) atoms. The first-order valence-electron chi connectivity index (χ1n) is 6.55. The number of ether oxygens (including phenoxy) is 1. The zero-order valence-corrected chi connectivity index (χ0v) is 11.6. The average molecular weight is 281 g/mol. The van der Waals surface area contributed by atoms with E-state index >= 15 is 0 Å². The van der Waals surface area contributed by atoms with Crippen LogP contribution in [0.15, 0.2) is 59.1 Å². The molecule has 0 bridgehead atoms. The van der Waals surface area contributed by atoms with E-state index in [0.717, 1.165) is 11.1 Å². The van der Waals surface area contributed by atoms with Crippen molar-refractivity contribution in [1.29, 1.82) is 0 Å². The van der Waals surface area contributed by atoms with Crippen molar-refractivity contribution in [2.75, 3.05) is 12.8 Å². The zero-order valence-electron chi connectivity index (χ0n) is 11.6. The molecule has 5 nitrogen and oxygen atoms in total. The SMILES string of the molecule is COC(c1ccccc1)c1noc(-c2ccc(N)cc2)n1. The summed E-state index contributed by atoms with van der Waals surface area (Å²) in [6.07, 6.45) is -0.350. The topological polar surface area (TPSA) is 74.2 Å². The van der Waals surface area contributed by atoms with Gasteiger partial charge in [0.1, 0.15) is 6.10 Å². The number of nitrogens with zero attached hydrogens (tertiary/aromatic N) is 2. The number of benzene rings is 2. The minimum absolute atomic E-state index is 0.350. The van der Waals surface area contributed by atoms with Gasteiger partial charge in [-0.05, 0) is 29.8 Å². The predicted octanol–water partition coefficient (Wildman–Crippen LogP) is 3.05. The van der Waals surface area contributed by atoms with Gasteiger partial charge in [0.05, 0.1) is 0 Å². The van der Waals surface area contributed by atoms with Crippen LogP contribution in [0, 0.1) is 0 Å². The Morgan fingerprint density at radius 3 is 2.43 bits per heavy atom. The number of methoxy groups -OCH3 is 1. The standard InChI is InChI=1S/C16H15N3O2/c1-20-14(11-5-3-2-4-6-11)15-18-16(21-19-15)12-7-9-13(17)10-8-12/h2-10,14H,17H2,1H3. The summed E-state index contributed by atoms with van der Waals surface area (Å²) in [5, 5.41) is 4.02. The third-order valence-electron chi connectivity index (χ3n) is 3.17. The largest absolute Gasteiger partial charge is 0.399 e. The maximum atomic E-state index is 5.67. The number of nitrogen functional groups attached to an aromatic ring is 1. The fourth-order valence-electron chi connectivity index (χ4n) is 2.10. The van der Waals surface area contributed by atoms with Gasteiger partial charge in [-0.25, -0.2) is 0 Å². The molecule has 0 aliphatic carbocycles. The molecule has 0 aliphatic heterocycles. The molecular weight excluding hydrogens is 266 g/mol. The minimum Gasteiger partial charge on any atom is -0.399 e. The lowest BCUT2D eigenvalue weighted by atomic mass is 10.1. The number of hydrogen-bond acceptors (Lipinski definition) is 5. The maximum absolute atomic E-state index is 5.67. The molecule has 2 aromatic carbocycles. The number of aromatic nitrogens is 2. The van der Waals surface area contributed by atoms with Gasteiger partial charge in [0, 0.05) is 18.4 Å². The summed E-state index contributed by atoms with van der Waals surface area (Å²) in [5.74, 6) is 0.943. The van der Waals surface area contributed by atoms with E-state index in [1.807, 2.05) is 42.5 Å². The summed E-state index contributed by atoms with van der Waals surface area (Å²) < 4.78 is 10.8. The molecule has 1 aromatic heterocycles. The molecule has 3 aromatic rings. The smallest absolute Gasteiger partial charge is 0.258 e. The molecule has 0 spiro atoms. The highest BCUT2D eigenvalue weighted by Crippen LogP contribution is 2.25. The van der Waals surface area contributed by atoms with Crippen molar-refractivity contribution in [3.05, 3.63) is 66.0 Å². The van der Waals surface area contributed by atoms with E-state index in [1.165, 1.54) is 0 Å². The fourth-order valence-corrected chi connectivity index (χ4v) is 2.10. The van der Waals surface area contributed by atoms with E-state index in [4.69, 9.17) is 15.0 Å². The molecule has 0 saturated heterocycles. The molecule has 0 fully saturated rings. The second kappa shape index (κ2) is 5.76. The van der Waals surface area contributed by atoms with E-state index in [2.05, 4.69) is 10.1 Å². The summed E-state index contributed by atoms with van der Waals surface area (Å²) >= 11 is 0. The highest BCUT2D eigenvalue weighted by molar-refractivity contribution is 5.57. The molecule has 1 unspecified atom stereocenters. The number of nitrogens with two attached hydrogens (primary N) is 1. The van der Waals surface area contributed by atoms with Crippen LogP contribution >= 0.6 is 0 Å². The maximum Gasteiger partial charge on any atom is 0.258 e. The second-order valence-corrected chi connectivity index (χ2v) is 4.61. The lowest BCUT2D eigenvalue weighted by Crippen LogP contribution is -2.05. The quantitative estimate of drug-likeness (QED) is 0.744. The molecular formula is C16H15N3O2. The van der Waals surface area contributed by atoms with Gasteiger partial charge in [0.25, 0.3) is 5.89 Å². The van der Waals surface area contributed by atoms with Crippen LogP contribution in [-0.2, 0) is 4.74 Å². The van der Waals surface area contributed by atoms with Crippen molar-refractivity contribution in [2.45, 2.75) is 6.10 Å². The molecule has 0 amide bonds. The van der Waals surface area contributed by atoms with Crippen LogP contribution in [0.5, 0.6) is 0 Å². The Balaban J connectivity index is 1.92. The van der Waals surface area contributed by atoms with Gasteiger partial charge < -0.3 is 15.0 Å². The Kier molecular flexibility index (Phi) is 3.66. The molecule has 5 heteroatoms. The van der Waals surface area contributed by atoms with Gasteiger partial charge in [0.15, 0.2) is 0 Å². The fraction of sp³-hybridized carbons (Fsp3) is 0.125. The van der Waals surface area contributed by atoms with Gasteiger partial charge in [-0.3, -0.25) is 0 Å². The van der Waals surface area contributed by atoms with Gasteiger partial charge in [-0.1, -0.05) is 35.5 Å². The van der Waals surface area contributed by atoms with Crippen LogP contribution in [0.4, 0.5) is 5.69 Å². The molecule has 0 aliphatic rings. The third kappa shape index (κ3) is 2.78. The van der Waals surface area contributed by atoms with Gasteiger partial charge >= 0.3 is 0 Å². The lowest BCUT2D eigenvalue weighted by molar-refractivity contribution is 0.126. The Morgan fingerprint density at radius 1 is 1.05 bits per heavy atom. The summed E-state index contributed by atoms with van der Waals surface area (Å²) in [7, 11) is 1.62. The highest BCUT2D eigenvalue weighted by atomic mass is 16.5.